The third-order valence-electron chi connectivity index (χ3n) is 3.88. The Morgan fingerprint density at radius 2 is 2.12 bits per heavy atom. The molecular formula is C16H24O. The average Bonchev–Trinajstić information content (AvgIpc) is 2.26. The van der Waals surface area contributed by atoms with Gasteiger partial charge in [-0.05, 0) is 38.2 Å². The van der Waals surface area contributed by atoms with Gasteiger partial charge in [0.15, 0.2) is 0 Å². The molecule has 0 aromatic heterocycles. The van der Waals surface area contributed by atoms with E-state index < -0.39 is 0 Å². The lowest BCUT2D eigenvalue weighted by Gasteiger charge is -2.35. The van der Waals surface area contributed by atoms with Crippen LogP contribution in [0.15, 0.2) is 24.3 Å². The van der Waals surface area contributed by atoms with E-state index in [9.17, 15) is 0 Å². The van der Waals surface area contributed by atoms with Crippen molar-refractivity contribution in [1.82, 2.24) is 0 Å². The number of hydrogen-bond donors (Lipinski definition) is 0. The maximum Gasteiger partial charge on any atom is 0.0905 e. The van der Waals surface area contributed by atoms with Crippen molar-refractivity contribution < 1.29 is 4.74 Å². The highest BCUT2D eigenvalue weighted by Gasteiger charge is 2.30. The van der Waals surface area contributed by atoms with E-state index in [1.54, 1.807) is 0 Å². The molecule has 0 N–H and O–H groups in total. The number of benzene rings is 1. The van der Waals surface area contributed by atoms with Gasteiger partial charge in [0.1, 0.15) is 0 Å². The van der Waals surface area contributed by atoms with Crippen molar-refractivity contribution >= 4 is 0 Å². The summed E-state index contributed by atoms with van der Waals surface area (Å²) < 4.78 is 6.18. The molecule has 1 fully saturated rings. The van der Waals surface area contributed by atoms with Crippen molar-refractivity contribution in [1.29, 1.82) is 0 Å². The van der Waals surface area contributed by atoms with Gasteiger partial charge >= 0.3 is 0 Å². The topological polar surface area (TPSA) is 9.23 Å². The quantitative estimate of drug-likeness (QED) is 0.695. The molecule has 1 nitrogen and oxygen atoms in total. The monoisotopic (exact) mass is 232 g/mol. The molecule has 2 unspecified atom stereocenters. The van der Waals surface area contributed by atoms with Crippen LogP contribution in [0, 0.1) is 12.8 Å². The molecule has 94 valence electrons. The van der Waals surface area contributed by atoms with E-state index in [4.69, 9.17) is 4.74 Å². The molecule has 0 aliphatic carbocycles. The van der Waals surface area contributed by atoms with Gasteiger partial charge in [-0.1, -0.05) is 49.6 Å². The first-order valence-corrected chi connectivity index (χ1v) is 6.81. The van der Waals surface area contributed by atoms with Gasteiger partial charge in [-0.2, -0.15) is 0 Å². The summed E-state index contributed by atoms with van der Waals surface area (Å²) in [5, 5.41) is 0. The normalized spacial score (nSPS) is 30.6. The molecule has 1 heterocycles. The number of aryl methyl sites for hydroxylation is 1. The lowest BCUT2D eigenvalue weighted by atomic mass is 9.83. The number of rotatable bonds is 1. The highest BCUT2D eigenvalue weighted by atomic mass is 16.5. The Bertz CT molecular complexity index is 372. The minimum atomic E-state index is -0.0914. The van der Waals surface area contributed by atoms with Crippen molar-refractivity contribution in [2.75, 3.05) is 6.61 Å². The SMILES string of the molecule is Cc1cccc(C2(C)CC(C)CCCCO2)c1. The zero-order chi connectivity index (χ0) is 12.3. The largest absolute Gasteiger partial charge is 0.371 e. The first kappa shape index (κ1) is 12.6. The fraction of sp³-hybridized carbons (Fsp3) is 0.625. The van der Waals surface area contributed by atoms with E-state index >= 15 is 0 Å². The summed E-state index contributed by atoms with van der Waals surface area (Å²) in [4.78, 5) is 0. The molecule has 1 heteroatoms. The van der Waals surface area contributed by atoms with Crippen LogP contribution in [0.1, 0.15) is 50.7 Å². The van der Waals surface area contributed by atoms with Crippen LogP contribution < -0.4 is 0 Å². The minimum Gasteiger partial charge on any atom is -0.371 e. The summed E-state index contributed by atoms with van der Waals surface area (Å²) in [7, 11) is 0. The molecule has 1 saturated heterocycles. The van der Waals surface area contributed by atoms with Gasteiger partial charge in [0.05, 0.1) is 5.60 Å². The maximum atomic E-state index is 6.18. The lowest BCUT2D eigenvalue weighted by Crippen LogP contribution is -2.30. The van der Waals surface area contributed by atoms with E-state index in [0.29, 0.717) is 0 Å². The van der Waals surface area contributed by atoms with E-state index in [1.165, 1.54) is 30.4 Å². The van der Waals surface area contributed by atoms with Crippen LogP contribution in [0.4, 0.5) is 0 Å². The third kappa shape index (κ3) is 3.10. The smallest absolute Gasteiger partial charge is 0.0905 e. The highest BCUT2D eigenvalue weighted by Crippen LogP contribution is 2.36. The van der Waals surface area contributed by atoms with Crippen molar-refractivity contribution in [3.05, 3.63) is 35.4 Å². The lowest BCUT2D eigenvalue weighted by molar-refractivity contribution is -0.0621. The van der Waals surface area contributed by atoms with E-state index in [0.717, 1.165) is 18.9 Å². The third-order valence-corrected chi connectivity index (χ3v) is 3.88. The molecule has 1 aliphatic heterocycles. The predicted octanol–water partition coefficient (Wildman–Crippen LogP) is 4.44. The molecule has 0 spiro atoms. The molecule has 1 aromatic rings. The van der Waals surface area contributed by atoms with Gasteiger partial charge in [0, 0.05) is 6.61 Å². The van der Waals surface area contributed by atoms with Gasteiger partial charge < -0.3 is 4.74 Å². The first-order valence-electron chi connectivity index (χ1n) is 6.81. The summed E-state index contributed by atoms with van der Waals surface area (Å²) >= 11 is 0. The van der Waals surface area contributed by atoms with Gasteiger partial charge in [-0.3, -0.25) is 0 Å². The zero-order valence-corrected chi connectivity index (χ0v) is 11.3. The molecule has 2 atom stereocenters. The Hall–Kier alpha value is -0.820. The van der Waals surface area contributed by atoms with Crippen LogP contribution in [-0.2, 0) is 10.3 Å². The summed E-state index contributed by atoms with van der Waals surface area (Å²) in [5.74, 6) is 0.751. The Labute approximate surface area is 105 Å². The summed E-state index contributed by atoms with van der Waals surface area (Å²) in [5.41, 5.74) is 2.57. The van der Waals surface area contributed by atoms with Crippen LogP contribution in [0.2, 0.25) is 0 Å². The standard InChI is InChI=1S/C16H24O/c1-13-8-6-9-15(11-13)16(3)12-14(2)7-4-5-10-17-16/h6,8-9,11,14H,4-5,7,10,12H2,1-3H3. The molecule has 17 heavy (non-hydrogen) atoms. The van der Waals surface area contributed by atoms with Crippen molar-refractivity contribution in [3.63, 3.8) is 0 Å². The van der Waals surface area contributed by atoms with Gasteiger partial charge in [-0.25, -0.2) is 0 Å². The van der Waals surface area contributed by atoms with Gasteiger partial charge in [0.2, 0.25) is 0 Å². The molecule has 0 radical (unpaired) electrons. The van der Waals surface area contributed by atoms with Crippen molar-refractivity contribution in [2.45, 2.75) is 52.1 Å². The molecule has 1 aromatic carbocycles. The Kier molecular flexibility index (Phi) is 3.88. The molecular weight excluding hydrogens is 208 g/mol. The summed E-state index contributed by atoms with van der Waals surface area (Å²) in [6.07, 6.45) is 4.98. The fourth-order valence-electron chi connectivity index (χ4n) is 2.89. The van der Waals surface area contributed by atoms with Crippen molar-refractivity contribution in [2.24, 2.45) is 5.92 Å². The number of ether oxygens (including phenoxy) is 1. The Balaban J connectivity index is 2.25. The molecule has 0 amide bonds. The second-order valence-electron chi connectivity index (χ2n) is 5.75. The minimum absolute atomic E-state index is 0.0914. The molecule has 1 aliphatic rings. The van der Waals surface area contributed by atoms with Gasteiger partial charge in [0.25, 0.3) is 0 Å². The van der Waals surface area contributed by atoms with Crippen LogP contribution in [0.3, 0.4) is 0 Å². The van der Waals surface area contributed by atoms with Crippen LogP contribution in [0.5, 0.6) is 0 Å². The van der Waals surface area contributed by atoms with Gasteiger partial charge in [-0.15, -0.1) is 0 Å². The number of hydrogen-bond acceptors (Lipinski definition) is 1. The predicted molar refractivity (Wildman–Crippen MR) is 72.1 cm³/mol. The highest BCUT2D eigenvalue weighted by molar-refractivity contribution is 5.27. The molecule has 0 bridgehead atoms. The molecule has 0 saturated carbocycles. The zero-order valence-electron chi connectivity index (χ0n) is 11.3. The first-order chi connectivity index (χ1) is 8.10. The Morgan fingerprint density at radius 1 is 1.29 bits per heavy atom. The van der Waals surface area contributed by atoms with E-state index in [1.807, 2.05) is 0 Å². The maximum absolute atomic E-state index is 6.18. The average molecular weight is 232 g/mol. The van der Waals surface area contributed by atoms with E-state index in [-0.39, 0.29) is 5.60 Å². The van der Waals surface area contributed by atoms with Crippen LogP contribution >= 0.6 is 0 Å². The van der Waals surface area contributed by atoms with Crippen LogP contribution in [-0.4, -0.2) is 6.61 Å². The summed E-state index contributed by atoms with van der Waals surface area (Å²) in [6.45, 7) is 7.66. The van der Waals surface area contributed by atoms with Crippen molar-refractivity contribution in [3.8, 4) is 0 Å². The fourth-order valence-corrected chi connectivity index (χ4v) is 2.89. The second-order valence-corrected chi connectivity index (χ2v) is 5.75. The van der Waals surface area contributed by atoms with E-state index in [2.05, 4.69) is 45.0 Å². The Morgan fingerprint density at radius 3 is 2.88 bits per heavy atom. The molecule has 2 rings (SSSR count). The second kappa shape index (κ2) is 5.22. The summed E-state index contributed by atoms with van der Waals surface area (Å²) in [6, 6.07) is 8.78. The van der Waals surface area contributed by atoms with Crippen LogP contribution in [0.25, 0.3) is 0 Å².